The number of nitrogens with one attached hydrogen (secondary N) is 1. The van der Waals surface area contributed by atoms with Crippen molar-refractivity contribution in [3.8, 4) is 0 Å². The molecule has 1 aliphatic rings. The summed E-state index contributed by atoms with van der Waals surface area (Å²) in [5.41, 5.74) is 0.0457. The summed E-state index contributed by atoms with van der Waals surface area (Å²) < 4.78 is 1.74. The van der Waals surface area contributed by atoms with E-state index in [2.05, 4.69) is 23.7 Å². The highest BCUT2D eigenvalue weighted by Crippen LogP contribution is 2.24. The molecule has 1 fully saturated rings. The molecule has 2 aromatic heterocycles. The molecule has 0 aromatic carbocycles. The smallest absolute Gasteiger partial charge is 0.263 e. The van der Waals surface area contributed by atoms with Gasteiger partial charge >= 0.3 is 0 Å². The van der Waals surface area contributed by atoms with Crippen molar-refractivity contribution in [3.63, 3.8) is 0 Å². The van der Waals surface area contributed by atoms with Gasteiger partial charge in [0.05, 0.1) is 5.39 Å². The van der Waals surface area contributed by atoms with Crippen LogP contribution in [-0.4, -0.2) is 35.7 Å². The molecule has 1 aliphatic heterocycles. The maximum Gasteiger partial charge on any atom is 0.263 e. The van der Waals surface area contributed by atoms with Gasteiger partial charge in [0.1, 0.15) is 4.83 Å². The van der Waals surface area contributed by atoms with Crippen LogP contribution in [0.1, 0.15) is 11.8 Å². The van der Waals surface area contributed by atoms with Crippen molar-refractivity contribution in [2.45, 2.75) is 19.9 Å². The van der Waals surface area contributed by atoms with Crippen molar-refractivity contribution in [2.75, 3.05) is 31.1 Å². The molecule has 3 rings (SSSR count). The van der Waals surface area contributed by atoms with E-state index in [-0.39, 0.29) is 5.56 Å². The molecule has 1 N–H and O–H groups in total. The quantitative estimate of drug-likeness (QED) is 0.872. The van der Waals surface area contributed by atoms with E-state index in [9.17, 15) is 4.79 Å². The third-order valence-electron chi connectivity index (χ3n) is 3.74. The molecule has 0 amide bonds. The minimum absolute atomic E-state index is 0.0457. The lowest BCUT2D eigenvalue weighted by Gasteiger charge is -2.29. The summed E-state index contributed by atoms with van der Waals surface area (Å²) in [4.78, 5) is 21.8. The summed E-state index contributed by atoms with van der Waals surface area (Å²) in [7, 11) is 0. The van der Waals surface area contributed by atoms with Crippen molar-refractivity contribution < 1.29 is 0 Å². The Bertz CT molecular complexity index is 712. The van der Waals surface area contributed by atoms with Crippen molar-refractivity contribution in [1.82, 2.24) is 14.9 Å². The maximum absolute atomic E-state index is 12.8. The van der Waals surface area contributed by atoms with Gasteiger partial charge in [-0.05, 0) is 12.5 Å². The number of aromatic nitrogens is 2. The second-order valence-corrected chi connectivity index (χ2v) is 6.25. The first-order valence-electron chi connectivity index (χ1n) is 7.34. The minimum atomic E-state index is 0.0457. The molecule has 0 saturated carbocycles. The van der Waals surface area contributed by atoms with E-state index in [1.807, 2.05) is 6.07 Å². The molecule has 0 spiro atoms. The number of aryl methyl sites for hydroxylation is 1. The van der Waals surface area contributed by atoms with Crippen LogP contribution in [0.5, 0.6) is 0 Å². The van der Waals surface area contributed by atoms with Crippen LogP contribution >= 0.6 is 11.3 Å². The molecule has 0 bridgehead atoms. The van der Waals surface area contributed by atoms with E-state index in [1.165, 1.54) is 4.88 Å². The molecular weight excluding hydrogens is 284 g/mol. The van der Waals surface area contributed by atoms with Crippen LogP contribution in [0.4, 0.5) is 5.95 Å². The first-order chi connectivity index (χ1) is 10.2. The zero-order valence-corrected chi connectivity index (χ0v) is 13.1. The highest BCUT2D eigenvalue weighted by Gasteiger charge is 2.19. The zero-order chi connectivity index (χ0) is 14.8. The number of nitrogens with zero attached hydrogens (tertiary/aromatic N) is 3. The Morgan fingerprint density at radius 2 is 2.24 bits per heavy atom. The number of anilines is 1. The molecule has 21 heavy (non-hydrogen) atoms. The lowest BCUT2D eigenvalue weighted by Crippen LogP contribution is -2.46. The van der Waals surface area contributed by atoms with Crippen molar-refractivity contribution in [1.29, 1.82) is 0 Å². The van der Waals surface area contributed by atoms with Crippen LogP contribution in [-0.2, 0) is 13.0 Å². The van der Waals surface area contributed by atoms with E-state index >= 15 is 0 Å². The van der Waals surface area contributed by atoms with Gasteiger partial charge in [-0.3, -0.25) is 9.36 Å². The van der Waals surface area contributed by atoms with Crippen LogP contribution in [0.25, 0.3) is 10.2 Å². The first-order valence-corrected chi connectivity index (χ1v) is 8.16. The Kier molecular flexibility index (Phi) is 4.07. The number of rotatable bonds is 4. The van der Waals surface area contributed by atoms with Gasteiger partial charge in [0, 0.05) is 37.6 Å². The van der Waals surface area contributed by atoms with E-state index in [1.54, 1.807) is 22.0 Å². The number of allylic oxidation sites excluding steroid dienone is 1. The molecule has 3 heterocycles. The minimum Gasteiger partial charge on any atom is -0.340 e. The molecule has 0 aliphatic carbocycles. The van der Waals surface area contributed by atoms with Crippen molar-refractivity contribution in [2.24, 2.45) is 0 Å². The van der Waals surface area contributed by atoms with Gasteiger partial charge in [0.15, 0.2) is 0 Å². The Morgan fingerprint density at radius 3 is 2.90 bits per heavy atom. The largest absolute Gasteiger partial charge is 0.340 e. The number of hydrogen-bond donors (Lipinski definition) is 1. The molecule has 112 valence electrons. The van der Waals surface area contributed by atoms with Gasteiger partial charge in [-0.25, -0.2) is 4.98 Å². The average molecular weight is 304 g/mol. The number of thiophene rings is 1. The van der Waals surface area contributed by atoms with Gasteiger partial charge in [0.2, 0.25) is 5.95 Å². The van der Waals surface area contributed by atoms with Crippen LogP contribution in [0, 0.1) is 0 Å². The second-order valence-electron chi connectivity index (χ2n) is 5.14. The SMILES string of the molecule is C=CCn1c(N2CCNCC2)nc2sc(CC)cc2c1=O. The van der Waals surface area contributed by atoms with Gasteiger partial charge in [-0.1, -0.05) is 13.0 Å². The van der Waals surface area contributed by atoms with E-state index < -0.39 is 0 Å². The first kappa shape index (κ1) is 14.3. The normalized spacial score (nSPS) is 15.6. The molecular formula is C15H20N4OS. The van der Waals surface area contributed by atoms with Gasteiger partial charge in [0.25, 0.3) is 5.56 Å². The molecule has 0 radical (unpaired) electrons. The van der Waals surface area contributed by atoms with E-state index in [4.69, 9.17) is 4.98 Å². The number of piperazine rings is 1. The van der Waals surface area contributed by atoms with Crippen LogP contribution < -0.4 is 15.8 Å². The van der Waals surface area contributed by atoms with Gasteiger partial charge < -0.3 is 10.2 Å². The lowest BCUT2D eigenvalue weighted by atomic mass is 10.3. The number of fused-ring (bicyclic) bond motifs is 1. The average Bonchev–Trinajstić information content (AvgIpc) is 2.94. The second kappa shape index (κ2) is 5.99. The third-order valence-corrected chi connectivity index (χ3v) is 4.92. The Balaban J connectivity index is 2.17. The standard InChI is InChI=1S/C15H20N4OS/c1-3-7-19-14(20)12-10-11(4-2)21-13(12)17-15(19)18-8-5-16-6-9-18/h3,10,16H,1,4-9H2,2H3. The summed E-state index contributed by atoms with van der Waals surface area (Å²) in [6.45, 7) is 9.97. The fourth-order valence-electron chi connectivity index (χ4n) is 2.63. The Hall–Kier alpha value is -1.66. The summed E-state index contributed by atoms with van der Waals surface area (Å²) in [5.74, 6) is 0.776. The van der Waals surface area contributed by atoms with Crippen LogP contribution in [0.15, 0.2) is 23.5 Å². The molecule has 0 atom stereocenters. The van der Waals surface area contributed by atoms with E-state index in [0.717, 1.165) is 48.8 Å². The van der Waals surface area contributed by atoms with Gasteiger partial charge in [-0.15, -0.1) is 17.9 Å². The predicted octanol–water partition coefficient (Wildman–Crippen LogP) is 1.62. The molecule has 6 heteroatoms. The maximum atomic E-state index is 12.8. The molecule has 1 saturated heterocycles. The lowest BCUT2D eigenvalue weighted by molar-refractivity contribution is 0.565. The number of hydrogen-bond acceptors (Lipinski definition) is 5. The fourth-order valence-corrected chi connectivity index (χ4v) is 3.58. The summed E-state index contributed by atoms with van der Waals surface area (Å²) in [6.07, 6.45) is 2.69. The monoisotopic (exact) mass is 304 g/mol. The molecule has 0 unspecified atom stereocenters. The summed E-state index contributed by atoms with van der Waals surface area (Å²) in [6, 6.07) is 1.98. The highest BCUT2D eigenvalue weighted by molar-refractivity contribution is 7.18. The molecule has 2 aromatic rings. The fraction of sp³-hybridized carbons (Fsp3) is 0.467. The van der Waals surface area contributed by atoms with Crippen molar-refractivity contribution >= 4 is 27.5 Å². The van der Waals surface area contributed by atoms with Crippen molar-refractivity contribution in [3.05, 3.63) is 34.0 Å². The molecule has 5 nitrogen and oxygen atoms in total. The summed E-state index contributed by atoms with van der Waals surface area (Å²) in [5, 5.41) is 4.06. The Labute approximate surface area is 127 Å². The zero-order valence-electron chi connectivity index (χ0n) is 12.3. The topological polar surface area (TPSA) is 50.2 Å². The van der Waals surface area contributed by atoms with E-state index in [0.29, 0.717) is 6.54 Å². The Morgan fingerprint density at radius 1 is 1.48 bits per heavy atom. The van der Waals surface area contributed by atoms with Crippen LogP contribution in [0.3, 0.4) is 0 Å². The van der Waals surface area contributed by atoms with Crippen LogP contribution in [0.2, 0.25) is 0 Å². The highest BCUT2D eigenvalue weighted by atomic mass is 32.1. The van der Waals surface area contributed by atoms with Gasteiger partial charge in [-0.2, -0.15) is 0 Å². The third kappa shape index (κ3) is 2.61. The summed E-state index contributed by atoms with van der Waals surface area (Å²) >= 11 is 1.62. The predicted molar refractivity (Wildman–Crippen MR) is 88.5 cm³/mol.